The molecule has 0 aromatic carbocycles. The summed E-state index contributed by atoms with van der Waals surface area (Å²) in [6.07, 6.45) is -14.3. The number of rotatable bonds is 3. The van der Waals surface area contributed by atoms with Gasteiger partial charge in [-0.05, 0) is 6.92 Å². The zero-order chi connectivity index (χ0) is 16.6. The maximum absolute atomic E-state index is 9.99. The van der Waals surface area contributed by atoms with Gasteiger partial charge in [-0.15, -0.1) is 0 Å². The van der Waals surface area contributed by atoms with E-state index in [9.17, 15) is 30.6 Å². The standard InChI is InChI=1S/C12H22O10/c1-3-5(14)7(16)8(17)12(20-3)22-10-6(15)4(2-13)21-11(19)9(10)18/h3-19H,2H2,1H3/t3-,4+,5+,6-,7+,8-,9+,10-,11+,12-/m0/s1. The van der Waals surface area contributed by atoms with Crippen molar-refractivity contribution in [2.45, 2.75) is 68.3 Å². The molecular formula is C12H22O10. The molecule has 2 aliphatic rings. The van der Waals surface area contributed by atoms with Crippen molar-refractivity contribution in [2.75, 3.05) is 6.61 Å². The van der Waals surface area contributed by atoms with Crippen molar-refractivity contribution in [3.05, 3.63) is 0 Å². The Morgan fingerprint density at radius 3 is 2.05 bits per heavy atom. The lowest BCUT2D eigenvalue weighted by Gasteiger charge is -2.44. The number of hydrogen-bond donors (Lipinski definition) is 7. The molecule has 10 nitrogen and oxygen atoms in total. The number of ether oxygens (including phenoxy) is 3. The van der Waals surface area contributed by atoms with Crippen molar-refractivity contribution in [3.63, 3.8) is 0 Å². The highest BCUT2D eigenvalue weighted by molar-refractivity contribution is 4.93. The Morgan fingerprint density at radius 1 is 0.818 bits per heavy atom. The molecule has 0 unspecified atom stereocenters. The number of aliphatic hydroxyl groups excluding tert-OH is 7. The van der Waals surface area contributed by atoms with Crippen molar-refractivity contribution < 1.29 is 50.0 Å². The van der Waals surface area contributed by atoms with Crippen molar-refractivity contribution in [3.8, 4) is 0 Å². The van der Waals surface area contributed by atoms with E-state index in [1.54, 1.807) is 0 Å². The summed E-state index contributed by atoms with van der Waals surface area (Å²) in [5, 5.41) is 67.6. The van der Waals surface area contributed by atoms with E-state index in [4.69, 9.17) is 19.3 Å². The third kappa shape index (κ3) is 3.26. The third-order valence-corrected chi connectivity index (χ3v) is 3.94. The van der Waals surface area contributed by atoms with Crippen LogP contribution < -0.4 is 0 Å². The SMILES string of the molecule is C[C@@H]1O[C@@H](O[C@@H]2[C@@H](O)[C@H](O)O[C@H](CO)[C@@H]2O)[C@@H](O)[C@H](O)[C@@H]1O. The van der Waals surface area contributed by atoms with E-state index in [0.717, 1.165) is 0 Å². The Kier molecular flexibility index (Phi) is 5.72. The molecule has 2 rings (SSSR count). The lowest BCUT2D eigenvalue weighted by Crippen LogP contribution is -2.63. The van der Waals surface area contributed by atoms with Crippen LogP contribution in [0.3, 0.4) is 0 Å². The van der Waals surface area contributed by atoms with E-state index in [1.165, 1.54) is 6.92 Å². The third-order valence-electron chi connectivity index (χ3n) is 3.94. The van der Waals surface area contributed by atoms with Crippen LogP contribution in [0.4, 0.5) is 0 Å². The number of hydrogen-bond acceptors (Lipinski definition) is 10. The predicted molar refractivity (Wildman–Crippen MR) is 67.2 cm³/mol. The summed E-state index contributed by atoms with van der Waals surface area (Å²) in [7, 11) is 0. The number of aliphatic hydroxyl groups is 7. The van der Waals surface area contributed by atoms with Crippen LogP contribution in [-0.2, 0) is 14.2 Å². The second kappa shape index (κ2) is 7.01. The van der Waals surface area contributed by atoms with Crippen LogP contribution in [0.5, 0.6) is 0 Å². The van der Waals surface area contributed by atoms with Crippen LogP contribution >= 0.6 is 0 Å². The fourth-order valence-electron chi connectivity index (χ4n) is 2.51. The molecule has 7 N–H and O–H groups in total. The molecule has 10 heteroatoms. The van der Waals surface area contributed by atoms with Gasteiger partial charge in [0, 0.05) is 0 Å². The highest BCUT2D eigenvalue weighted by Gasteiger charge is 2.49. The van der Waals surface area contributed by atoms with Crippen molar-refractivity contribution >= 4 is 0 Å². The minimum Gasteiger partial charge on any atom is -0.394 e. The van der Waals surface area contributed by atoms with Crippen molar-refractivity contribution in [1.29, 1.82) is 0 Å². The highest BCUT2D eigenvalue weighted by Crippen LogP contribution is 2.28. The van der Waals surface area contributed by atoms with E-state index in [0.29, 0.717) is 0 Å². The maximum Gasteiger partial charge on any atom is 0.187 e. The monoisotopic (exact) mass is 326 g/mol. The first-order valence-corrected chi connectivity index (χ1v) is 6.93. The molecule has 0 amide bonds. The second-order valence-electron chi connectivity index (χ2n) is 5.51. The van der Waals surface area contributed by atoms with Gasteiger partial charge in [0.05, 0.1) is 12.7 Å². The Morgan fingerprint density at radius 2 is 1.45 bits per heavy atom. The Balaban J connectivity index is 2.10. The first-order chi connectivity index (χ1) is 10.3. The Hall–Kier alpha value is -0.400. The normalized spacial score (nSPS) is 53.5. The minimum absolute atomic E-state index is 0.628. The molecule has 2 saturated heterocycles. The average molecular weight is 326 g/mol. The molecule has 0 aromatic rings. The van der Waals surface area contributed by atoms with Gasteiger partial charge in [-0.2, -0.15) is 0 Å². The van der Waals surface area contributed by atoms with Crippen LogP contribution in [0, 0.1) is 0 Å². The molecule has 0 radical (unpaired) electrons. The molecule has 10 atom stereocenters. The van der Waals surface area contributed by atoms with E-state index in [1.807, 2.05) is 0 Å². The molecule has 0 saturated carbocycles. The van der Waals surface area contributed by atoms with Crippen LogP contribution in [-0.4, -0.2) is 104 Å². The van der Waals surface area contributed by atoms with E-state index in [-0.39, 0.29) is 0 Å². The fourth-order valence-corrected chi connectivity index (χ4v) is 2.51. The fraction of sp³-hybridized carbons (Fsp3) is 1.00. The molecule has 22 heavy (non-hydrogen) atoms. The first kappa shape index (κ1) is 17.9. The van der Waals surface area contributed by atoms with E-state index < -0.39 is 68.0 Å². The van der Waals surface area contributed by atoms with Gasteiger partial charge in [0.25, 0.3) is 0 Å². The molecular weight excluding hydrogens is 304 g/mol. The summed E-state index contributed by atoms with van der Waals surface area (Å²) in [6.45, 7) is 0.814. The van der Waals surface area contributed by atoms with Gasteiger partial charge in [-0.25, -0.2) is 0 Å². The molecule has 130 valence electrons. The quantitative estimate of drug-likeness (QED) is 0.269. The smallest absolute Gasteiger partial charge is 0.187 e. The lowest BCUT2D eigenvalue weighted by molar-refractivity contribution is -0.352. The molecule has 0 aromatic heterocycles. The van der Waals surface area contributed by atoms with Crippen LogP contribution in [0.1, 0.15) is 6.92 Å². The zero-order valence-corrected chi connectivity index (χ0v) is 11.8. The Bertz CT molecular complexity index is 368. The summed E-state index contributed by atoms with van der Waals surface area (Å²) in [6, 6.07) is 0. The second-order valence-corrected chi connectivity index (χ2v) is 5.51. The molecule has 2 aliphatic heterocycles. The van der Waals surface area contributed by atoms with Gasteiger partial charge in [0.15, 0.2) is 12.6 Å². The average Bonchev–Trinajstić information content (AvgIpc) is 2.50. The summed E-state index contributed by atoms with van der Waals surface area (Å²) < 4.78 is 15.3. The summed E-state index contributed by atoms with van der Waals surface area (Å²) in [5.74, 6) is 0. The van der Waals surface area contributed by atoms with E-state index in [2.05, 4.69) is 0 Å². The summed E-state index contributed by atoms with van der Waals surface area (Å²) in [4.78, 5) is 0. The van der Waals surface area contributed by atoms with Gasteiger partial charge in [-0.3, -0.25) is 0 Å². The molecule has 2 heterocycles. The van der Waals surface area contributed by atoms with Gasteiger partial charge in [-0.1, -0.05) is 0 Å². The van der Waals surface area contributed by atoms with Crippen LogP contribution in [0.2, 0.25) is 0 Å². The first-order valence-electron chi connectivity index (χ1n) is 6.93. The molecule has 0 aliphatic carbocycles. The highest BCUT2D eigenvalue weighted by atomic mass is 16.7. The lowest BCUT2D eigenvalue weighted by atomic mass is 9.97. The van der Waals surface area contributed by atoms with Gasteiger partial charge in [0.1, 0.15) is 42.7 Å². The van der Waals surface area contributed by atoms with E-state index >= 15 is 0 Å². The van der Waals surface area contributed by atoms with Crippen molar-refractivity contribution in [2.24, 2.45) is 0 Å². The van der Waals surface area contributed by atoms with Crippen LogP contribution in [0.25, 0.3) is 0 Å². The minimum atomic E-state index is -1.71. The van der Waals surface area contributed by atoms with Gasteiger partial charge >= 0.3 is 0 Å². The molecule has 0 bridgehead atoms. The van der Waals surface area contributed by atoms with Crippen molar-refractivity contribution in [1.82, 2.24) is 0 Å². The van der Waals surface area contributed by atoms with Gasteiger partial charge in [0.2, 0.25) is 0 Å². The molecule has 2 fully saturated rings. The summed E-state index contributed by atoms with van der Waals surface area (Å²) in [5.41, 5.74) is 0. The largest absolute Gasteiger partial charge is 0.394 e. The topological polar surface area (TPSA) is 169 Å². The maximum atomic E-state index is 9.99. The van der Waals surface area contributed by atoms with Gasteiger partial charge < -0.3 is 50.0 Å². The molecule has 0 spiro atoms. The predicted octanol–water partition coefficient (Wildman–Crippen LogP) is -4.37. The zero-order valence-electron chi connectivity index (χ0n) is 11.8. The Labute approximate surface area is 126 Å². The summed E-state index contributed by atoms with van der Waals surface area (Å²) >= 11 is 0. The van der Waals surface area contributed by atoms with Crippen LogP contribution in [0.15, 0.2) is 0 Å².